The summed E-state index contributed by atoms with van der Waals surface area (Å²) < 4.78 is 26.9. The van der Waals surface area contributed by atoms with Crippen molar-refractivity contribution in [2.75, 3.05) is 32.7 Å². The lowest BCUT2D eigenvalue weighted by Crippen LogP contribution is -2.52. The monoisotopic (exact) mass is 462 g/mol. The molecule has 2 amide bonds. The maximum absolute atomic E-state index is 12.8. The standard InChI is InChI=1S/C20H22N4O7S/c1-14-5-6-17(25)18(11-14)32(30,31)23-9-7-22(8-10-23)19(26)13-21-20(27)15-3-2-4-16(12-15)24(28)29/h2-6,11-12,25H,7-10,13H2,1H3,(H,21,27). The van der Waals surface area contributed by atoms with Gasteiger partial charge in [0.1, 0.15) is 10.6 Å². The predicted octanol–water partition coefficient (Wildman–Crippen LogP) is 0.872. The van der Waals surface area contributed by atoms with E-state index >= 15 is 0 Å². The van der Waals surface area contributed by atoms with Gasteiger partial charge in [-0.15, -0.1) is 0 Å². The molecule has 1 aliphatic heterocycles. The average Bonchev–Trinajstić information content (AvgIpc) is 2.78. The first-order valence-electron chi connectivity index (χ1n) is 9.70. The molecule has 1 aliphatic rings. The second kappa shape index (κ2) is 9.32. The molecule has 0 atom stereocenters. The maximum Gasteiger partial charge on any atom is 0.270 e. The van der Waals surface area contributed by atoms with E-state index in [0.717, 1.165) is 6.07 Å². The number of non-ortho nitro benzene ring substituents is 1. The van der Waals surface area contributed by atoms with Gasteiger partial charge in [0.2, 0.25) is 15.9 Å². The summed E-state index contributed by atoms with van der Waals surface area (Å²) in [6.07, 6.45) is 0. The number of piperazine rings is 1. The molecule has 0 bridgehead atoms. The Kier molecular flexibility index (Phi) is 6.75. The number of nitro benzene ring substituents is 1. The Bertz CT molecular complexity index is 1160. The number of amides is 2. The number of rotatable bonds is 6. The van der Waals surface area contributed by atoms with Crippen LogP contribution in [0, 0.1) is 17.0 Å². The van der Waals surface area contributed by atoms with Gasteiger partial charge in [-0.3, -0.25) is 19.7 Å². The van der Waals surface area contributed by atoms with E-state index in [-0.39, 0.29) is 54.6 Å². The third-order valence-electron chi connectivity index (χ3n) is 5.04. The van der Waals surface area contributed by atoms with Crippen LogP contribution in [0.25, 0.3) is 0 Å². The molecule has 0 radical (unpaired) electrons. The van der Waals surface area contributed by atoms with Crippen molar-refractivity contribution < 1.29 is 28.0 Å². The van der Waals surface area contributed by atoms with Crippen molar-refractivity contribution in [1.82, 2.24) is 14.5 Å². The zero-order chi connectivity index (χ0) is 23.5. The van der Waals surface area contributed by atoms with Gasteiger partial charge in [-0.1, -0.05) is 12.1 Å². The third kappa shape index (κ3) is 5.03. The number of sulfonamides is 1. The molecule has 0 saturated carbocycles. The van der Waals surface area contributed by atoms with Gasteiger partial charge in [0, 0.05) is 43.9 Å². The van der Waals surface area contributed by atoms with Crippen LogP contribution >= 0.6 is 0 Å². The summed E-state index contributed by atoms with van der Waals surface area (Å²) in [4.78, 5) is 36.1. The molecule has 1 saturated heterocycles. The highest BCUT2D eigenvalue weighted by atomic mass is 32.2. The van der Waals surface area contributed by atoms with Crippen LogP contribution in [0.4, 0.5) is 5.69 Å². The number of carbonyl (C=O) groups excluding carboxylic acids is 2. The van der Waals surface area contributed by atoms with Gasteiger partial charge in [0.25, 0.3) is 11.6 Å². The summed E-state index contributed by atoms with van der Waals surface area (Å²) in [7, 11) is -3.92. The fourth-order valence-electron chi connectivity index (χ4n) is 3.28. The highest BCUT2D eigenvalue weighted by molar-refractivity contribution is 7.89. The first kappa shape index (κ1) is 23.2. The number of nitrogens with zero attached hydrogens (tertiary/aromatic N) is 3. The van der Waals surface area contributed by atoms with Crippen molar-refractivity contribution in [2.24, 2.45) is 0 Å². The van der Waals surface area contributed by atoms with Crippen molar-refractivity contribution in [3.05, 3.63) is 63.7 Å². The SMILES string of the molecule is Cc1ccc(O)c(S(=O)(=O)N2CCN(C(=O)CNC(=O)c3cccc([N+](=O)[O-])c3)CC2)c1. The van der Waals surface area contributed by atoms with E-state index in [2.05, 4.69) is 5.32 Å². The van der Waals surface area contributed by atoms with Crippen molar-refractivity contribution >= 4 is 27.5 Å². The minimum absolute atomic E-state index is 0.0419. The van der Waals surface area contributed by atoms with E-state index in [9.17, 15) is 33.2 Å². The number of aromatic hydroxyl groups is 1. The molecular formula is C20H22N4O7S. The van der Waals surface area contributed by atoms with Crippen LogP contribution in [0.5, 0.6) is 5.75 Å². The lowest BCUT2D eigenvalue weighted by Gasteiger charge is -2.34. The van der Waals surface area contributed by atoms with E-state index < -0.39 is 26.8 Å². The largest absolute Gasteiger partial charge is 0.507 e. The Balaban J connectivity index is 1.56. The minimum atomic E-state index is -3.92. The normalized spacial score (nSPS) is 14.7. The molecule has 3 rings (SSSR count). The van der Waals surface area contributed by atoms with E-state index in [1.54, 1.807) is 13.0 Å². The third-order valence-corrected chi connectivity index (χ3v) is 6.97. The van der Waals surface area contributed by atoms with Gasteiger partial charge in [0.05, 0.1) is 11.5 Å². The molecule has 0 aliphatic carbocycles. The van der Waals surface area contributed by atoms with E-state index in [0.29, 0.717) is 5.56 Å². The van der Waals surface area contributed by atoms with Crippen LogP contribution in [0.1, 0.15) is 15.9 Å². The summed E-state index contributed by atoms with van der Waals surface area (Å²) in [5.41, 5.74) is 0.511. The number of hydrogen-bond donors (Lipinski definition) is 2. The van der Waals surface area contributed by atoms with Crippen molar-refractivity contribution in [3.63, 3.8) is 0 Å². The average molecular weight is 462 g/mol. The first-order valence-corrected chi connectivity index (χ1v) is 11.1. The molecule has 2 aromatic carbocycles. The van der Waals surface area contributed by atoms with Gasteiger partial charge in [-0.2, -0.15) is 4.31 Å². The molecule has 2 N–H and O–H groups in total. The number of hydrogen-bond acceptors (Lipinski definition) is 7. The number of aryl methyl sites for hydroxylation is 1. The zero-order valence-corrected chi connectivity index (χ0v) is 18.0. The summed E-state index contributed by atoms with van der Waals surface area (Å²) in [5, 5.41) is 23.2. The van der Waals surface area contributed by atoms with Gasteiger partial charge in [0.15, 0.2) is 0 Å². The lowest BCUT2D eigenvalue weighted by molar-refractivity contribution is -0.384. The molecule has 0 unspecified atom stereocenters. The van der Waals surface area contributed by atoms with Crippen molar-refractivity contribution in [3.8, 4) is 5.75 Å². The highest BCUT2D eigenvalue weighted by Crippen LogP contribution is 2.27. The van der Waals surface area contributed by atoms with Crippen LogP contribution in [-0.4, -0.2) is 72.2 Å². The Labute approximate surface area is 184 Å². The quantitative estimate of drug-likeness (QED) is 0.478. The van der Waals surface area contributed by atoms with Gasteiger partial charge in [-0.05, 0) is 30.7 Å². The smallest absolute Gasteiger partial charge is 0.270 e. The molecule has 170 valence electrons. The van der Waals surface area contributed by atoms with Crippen LogP contribution in [0.2, 0.25) is 0 Å². The Morgan fingerprint density at radius 3 is 2.47 bits per heavy atom. The molecule has 1 heterocycles. The predicted molar refractivity (Wildman–Crippen MR) is 114 cm³/mol. The highest BCUT2D eigenvalue weighted by Gasteiger charge is 2.32. The van der Waals surface area contributed by atoms with Crippen molar-refractivity contribution in [1.29, 1.82) is 0 Å². The van der Waals surface area contributed by atoms with Crippen molar-refractivity contribution in [2.45, 2.75) is 11.8 Å². The topological polar surface area (TPSA) is 150 Å². The molecule has 2 aromatic rings. The second-order valence-corrected chi connectivity index (χ2v) is 9.15. The van der Waals surface area contributed by atoms with Gasteiger partial charge in [-0.25, -0.2) is 8.42 Å². The number of nitrogens with one attached hydrogen (secondary N) is 1. The molecule has 0 spiro atoms. The molecule has 1 fully saturated rings. The molecule has 11 nitrogen and oxygen atoms in total. The Hall–Kier alpha value is -3.51. The number of phenols is 1. The Morgan fingerprint density at radius 2 is 1.81 bits per heavy atom. The van der Waals surface area contributed by atoms with Crippen LogP contribution in [0.3, 0.4) is 0 Å². The van der Waals surface area contributed by atoms with Gasteiger partial charge < -0.3 is 15.3 Å². The molecule has 0 aromatic heterocycles. The van der Waals surface area contributed by atoms with E-state index in [1.165, 1.54) is 39.5 Å². The second-order valence-electron chi connectivity index (χ2n) is 7.25. The van der Waals surface area contributed by atoms with E-state index in [4.69, 9.17) is 0 Å². The summed E-state index contributed by atoms with van der Waals surface area (Å²) >= 11 is 0. The van der Waals surface area contributed by atoms with Crippen LogP contribution in [-0.2, 0) is 14.8 Å². The molecular weight excluding hydrogens is 440 g/mol. The lowest BCUT2D eigenvalue weighted by atomic mass is 10.2. The number of phenolic OH excluding ortho intramolecular Hbond substituents is 1. The fourth-order valence-corrected chi connectivity index (χ4v) is 4.86. The summed E-state index contributed by atoms with van der Waals surface area (Å²) in [6.45, 7) is 1.72. The number of carbonyl (C=O) groups is 2. The summed E-state index contributed by atoms with van der Waals surface area (Å²) in [5.74, 6) is -1.37. The Morgan fingerprint density at radius 1 is 1.12 bits per heavy atom. The number of benzene rings is 2. The maximum atomic E-state index is 12.8. The fraction of sp³-hybridized carbons (Fsp3) is 0.300. The molecule has 32 heavy (non-hydrogen) atoms. The number of nitro groups is 1. The van der Waals surface area contributed by atoms with E-state index in [1.807, 2.05) is 0 Å². The van der Waals surface area contributed by atoms with Gasteiger partial charge >= 0.3 is 0 Å². The van der Waals surface area contributed by atoms with Crippen LogP contribution < -0.4 is 5.32 Å². The first-order chi connectivity index (χ1) is 15.1. The zero-order valence-electron chi connectivity index (χ0n) is 17.2. The molecule has 12 heteroatoms. The summed E-state index contributed by atoms with van der Waals surface area (Å²) in [6, 6.07) is 9.47. The minimum Gasteiger partial charge on any atom is -0.507 e. The van der Waals surface area contributed by atoms with Crippen LogP contribution in [0.15, 0.2) is 47.4 Å².